The highest BCUT2D eigenvalue weighted by Crippen LogP contribution is 2.33. The molecule has 0 unspecified atom stereocenters. The summed E-state index contributed by atoms with van der Waals surface area (Å²) in [5, 5.41) is 3.62. The number of methoxy groups -OCH3 is 1. The summed E-state index contributed by atoms with van der Waals surface area (Å²) in [6, 6.07) is 21.4. The summed E-state index contributed by atoms with van der Waals surface area (Å²) in [5.74, 6) is 0.282. The molecular formula is C23H20FN3O2S. The van der Waals surface area contributed by atoms with Crippen LogP contribution in [0.3, 0.4) is 0 Å². The molecule has 0 fully saturated rings. The second kappa shape index (κ2) is 8.92. The number of aromatic nitrogens is 1. The van der Waals surface area contributed by atoms with E-state index in [4.69, 9.17) is 4.74 Å². The van der Waals surface area contributed by atoms with E-state index in [9.17, 15) is 9.18 Å². The zero-order valence-corrected chi connectivity index (χ0v) is 17.2. The summed E-state index contributed by atoms with van der Waals surface area (Å²) >= 11 is 1.49. The van der Waals surface area contributed by atoms with E-state index in [1.54, 1.807) is 24.1 Å². The fourth-order valence-electron chi connectivity index (χ4n) is 3.01. The minimum atomic E-state index is -0.327. The molecule has 0 saturated heterocycles. The number of fused-ring (bicyclic) bond motifs is 1. The molecule has 0 bridgehead atoms. The Hall–Kier alpha value is -3.45. The monoisotopic (exact) mass is 421 g/mol. The Kier molecular flexibility index (Phi) is 5.90. The quantitative estimate of drug-likeness (QED) is 0.461. The average molecular weight is 421 g/mol. The Morgan fingerprint density at radius 2 is 1.80 bits per heavy atom. The number of carbonyl (C=O) groups excluding carboxylic acids is 1. The van der Waals surface area contributed by atoms with E-state index in [0.717, 1.165) is 21.5 Å². The van der Waals surface area contributed by atoms with E-state index in [1.165, 1.54) is 23.5 Å². The van der Waals surface area contributed by atoms with Crippen LogP contribution in [0.15, 0.2) is 72.8 Å². The molecule has 7 heteroatoms. The van der Waals surface area contributed by atoms with Crippen LogP contribution in [-0.4, -0.2) is 24.5 Å². The van der Waals surface area contributed by atoms with Crippen molar-refractivity contribution in [3.63, 3.8) is 0 Å². The minimum Gasteiger partial charge on any atom is -0.497 e. The van der Waals surface area contributed by atoms with Crippen molar-refractivity contribution in [3.05, 3.63) is 84.2 Å². The fraction of sp³-hybridized carbons (Fsp3) is 0.130. The molecule has 3 aromatic carbocycles. The van der Waals surface area contributed by atoms with Gasteiger partial charge in [-0.25, -0.2) is 9.37 Å². The summed E-state index contributed by atoms with van der Waals surface area (Å²) in [7, 11) is 1.61. The first-order valence-electron chi connectivity index (χ1n) is 9.41. The van der Waals surface area contributed by atoms with Crippen LogP contribution < -0.4 is 15.0 Å². The molecule has 1 amide bonds. The van der Waals surface area contributed by atoms with Crippen molar-refractivity contribution in [2.24, 2.45) is 0 Å². The summed E-state index contributed by atoms with van der Waals surface area (Å²) in [6.45, 7) is 0.474. The van der Waals surface area contributed by atoms with E-state index in [0.29, 0.717) is 17.4 Å². The predicted molar refractivity (Wildman–Crippen MR) is 118 cm³/mol. The highest BCUT2D eigenvalue weighted by Gasteiger charge is 2.18. The minimum absolute atomic E-state index is 0.0710. The number of para-hydroxylation sites is 1. The van der Waals surface area contributed by atoms with Gasteiger partial charge in [-0.1, -0.05) is 35.6 Å². The SMILES string of the molecule is COc1ccc(CNC(=O)CN(c2ccc(F)cc2)c2nc3ccccc3s2)cc1. The van der Waals surface area contributed by atoms with Crippen LogP contribution in [0.5, 0.6) is 5.75 Å². The first kappa shape index (κ1) is 19.8. The van der Waals surface area contributed by atoms with Crippen molar-refractivity contribution in [2.75, 3.05) is 18.6 Å². The van der Waals surface area contributed by atoms with Crippen LogP contribution in [-0.2, 0) is 11.3 Å². The summed E-state index contributed by atoms with van der Waals surface area (Å²) in [5.41, 5.74) is 2.54. The number of benzene rings is 3. The molecule has 30 heavy (non-hydrogen) atoms. The van der Waals surface area contributed by atoms with E-state index in [-0.39, 0.29) is 18.3 Å². The molecule has 0 aliphatic heterocycles. The molecule has 0 atom stereocenters. The Labute approximate surface area is 177 Å². The van der Waals surface area contributed by atoms with Crippen molar-refractivity contribution in [2.45, 2.75) is 6.54 Å². The number of amides is 1. The number of halogens is 1. The van der Waals surface area contributed by atoms with Crippen LogP contribution in [0.2, 0.25) is 0 Å². The van der Waals surface area contributed by atoms with E-state index >= 15 is 0 Å². The molecular weight excluding hydrogens is 401 g/mol. The zero-order chi connectivity index (χ0) is 20.9. The van der Waals surface area contributed by atoms with Crippen LogP contribution in [0.25, 0.3) is 10.2 Å². The maximum Gasteiger partial charge on any atom is 0.240 e. The maximum absolute atomic E-state index is 13.4. The Balaban J connectivity index is 1.53. The predicted octanol–water partition coefficient (Wildman–Crippen LogP) is 4.90. The Bertz CT molecular complexity index is 1110. The van der Waals surface area contributed by atoms with Crippen LogP contribution in [0, 0.1) is 5.82 Å². The number of ether oxygens (including phenoxy) is 1. The van der Waals surface area contributed by atoms with Gasteiger partial charge in [0.2, 0.25) is 5.91 Å². The standard InChI is InChI=1S/C23H20FN3O2S/c1-29-19-12-6-16(7-13-19)14-25-22(28)15-27(18-10-8-17(24)9-11-18)23-26-20-4-2-3-5-21(20)30-23/h2-13H,14-15H2,1H3,(H,25,28). The summed E-state index contributed by atoms with van der Waals surface area (Å²) in [6.07, 6.45) is 0. The highest BCUT2D eigenvalue weighted by atomic mass is 32.1. The Morgan fingerprint density at radius 3 is 2.50 bits per heavy atom. The Morgan fingerprint density at radius 1 is 1.07 bits per heavy atom. The zero-order valence-electron chi connectivity index (χ0n) is 16.3. The molecule has 0 saturated carbocycles. The highest BCUT2D eigenvalue weighted by molar-refractivity contribution is 7.22. The lowest BCUT2D eigenvalue weighted by molar-refractivity contribution is -0.119. The van der Waals surface area contributed by atoms with E-state index < -0.39 is 0 Å². The molecule has 1 N–H and O–H groups in total. The second-order valence-corrected chi connectivity index (χ2v) is 7.66. The number of thiazole rings is 1. The molecule has 5 nitrogen and oxygen atoms in total. The summed E-state index contributed by atoms with van der Waals surface area (Å²) < 4.78 is 19.6. The molecule has 152 valence electrons. The normalized spacial score (nSPS) is 10.7. The van der Waals surface area contributed by atoms with E-state index in [1.807, 2.05) is 48.5 Å². The smallest absolute Gasteiger partial charge is 0.240 e. The van der Waals surface area contributed by atoms with Crippen molar-refractivity contribution >= 4 is 38.3 Å². The number of nitrogens with one attached hydrogen (secondary N) is 1. The molecule has 1 heterocycles. The lowest BCUT2D eigenvalue weighted by Crippen LogP contribution is -2.34. The molecule has 4 aromatic rings. The molecule has 0 radical (unpaired) electrons. The van der Waals surface area contributed by atoms with Gasteiger partial charge in [0.1, 0.15) is 18.1 Å². The molecule has 4 rings (SSSR count). The number of hydrogen-bond donors (Lipinski definition) is 1. The van der Waals surface area contributed by atoms with Gasteiger partial charge in [-0.2, -0.15) is 0 Å². The van der Waals surface area contributed by atoms with Gasteiger partial charge in [0.25, 0.3) is 0 Å². The first-order valence-corrected chi connectivity index (χ1v) is 10.2. The largest absolute Gasteiger partial charge is 0.497 e. The number of carbonyl (C=O) groups is 1. The fourth-order valence-corrected chi connectivity index (χ4v) is 4.00. The van der Waals surface area contributed by atoms with Gasteiger partial charge in [-0.05, 0) is 54.1 Å². The van der Waals surface area contributed by atoms with Crippen molar-refractivity contribution in [1.29, 1.82) is 0 Å². The van der Waals surface area contributed by atoms with Gasteiger partial charge in [0.05, 0.1) is 17.3 Å². The third-order valence-corrected chi connectivity index (χ3v) is 5.66. The van der Waals surface area contributed by atoms with Crippen molar-refractivity contribution < 1.29 is 13.9 Å². The summed E-state index contributed by atoms with van der Waals surface area (Å²) in [4.78, 5) is 19.2. The molecule has 1 aromatic heterocycles. The van der Waals surface area contributed by atoms with Crippen LogP contribution in [0.4, 0.5) is 15.2 Å². The second-order valence-electron chi connectivity index (χ2n) is 6.65. The van der Waals surface area contributed by atoms with Crippen molar-refractivity contribution in [1.82, 2.24) is 10.3 Å². The molecule has 0 aliphatic rings. The average Bonchev–Trinajstić information content (AvgIpc) is 3.21. The molecule has 0 aliphatic carbocycles. The van der Waals surface area contributed by atoms with Gasteiger partial charge >= 0.3 is 0 Å². The number of hydrogen-bond acceptors (Lipinski definition) is 5. The van der Waals surface area contributed by atoms with Gasteiger partial charge < -0.3 is 15.0 Å². The van der Waals surface area contributed by atoms with Crippen LogP contribution in [0.1, 0.15) is 5.56 Å². The first-order chi connectivity index (χ1) is 14.6. The third kappa shape index (κ3) is 4.58. The van der Waals surface area contributed by atoms with Crippen molar-refractivity contribution in [3.8, 4) is 5.75 Å². The number of rotatable bonds is 7. The number of anilines is 2. The van der Waals surface area contributed by atoms with Gasteiger partial charge in [-0.15, -0.1) is 0 Å². The lowest BCUT2D eigenvalue weighted by atomic mass is 10.2. The lowest BCUT2D eigenvalue weighted by Gasteiger charge is -2.21. The van der Waals surface area contributed by atoms with Gasteiger partial charge in [-0.3, -0.25) is 4.79 Å². The van der Waals surface area contributed by atoms with E-state index in [2.05, 4.69) is 10.3 Å². The number of nitrogens with zero attached hydrogens (tertiary/aromatic N) is 2. The molecule has 0 spiro atoms. The third-order valence-electron chi connectivity index (χ3n) is 4.60. The van der Waals surface area contributed by atoms with Gasteiger partial charge in [0, 0.05) is 12.2 Å². The maximum atomic E-state index is 13.4. The van der Waals surface area contributed by atoms with Gasteiger partial charge in [0.15, 0.2) is 5.13 Å². The topological polar surface area (TPSA) is 54.5 Å². The van der Waals surface area contributed by atoms with Crippen LogP contribution >= 0.6 is 11.3 Å².